The van der Waals surface area contributed by atoms with Gasteiger partial charge in [0.1, 0.15) is 5.60 Å². The molecule has 18 heavy (non-hydrogen) atoms. The largest absolute Gasteiger partial charge is 0.457 e. The van der Waals surface area contributed by atoms with Crippen LogP contribution in [0.5, 0.6) is 0 Å². The highest BCUT2D eigenvalue weighted by molar-refractivity contribution is 5.77. The molecule has 2 nitrogen and oxygen atoms in total. The van der Waals surface area contributed by atoms with Crippen molar-refractivity contribution in [3.63, 3.8) is 0 Å². The van der Waals surface area contributed by atoms with E-state index in [1.165, 1.54) is 0 Å². The molecule has 1 aliphatic heterocycles. The van der Waals surface area contributed by atoms with Crippen LogP contribution in [0.3, 0.4) is 0 Å². The highest BCUT2D eigenvalue weighted by Crippen LogP contribution is 2.57. The number of ether oxygens (including phenoxy) is 1. The van der Waals surface area contributed by atoms with Crippen LogP contribution in [0.2, 0.25) is 0 Å². The molecule has 1 heterocycles. The third-order valence-corrected chi connectivity index (χ3v) is 5.11. The molecular weight excluding hydrogens is 224 g/mol. The van der Waals surface area contributed by atoms with Crippen LogP contribution in [0, 0.1) is 23.7 Å². The summed E-state index contributed by atoms with van der Waals surface area (Å²) in [7, 11) is 0. The first-order valence-corrected chi connectivity index (χ1v) is 6.87. The number of rotatable bonds is 2. The Kier molecular flexibility index (Phi) is 2.69. The molecule has 0 aromatic carbocycles. The van der Waals surface area contributed by atoms with Crippen LogP contribution < -0.4 is 0 Å². The van der Waals surface area contributed by atoms with Gasteiger partial charge in [-0.05, 0) is 25.7 Å². The van der Waals surface area contributed by atoms with Gasteiger partial charge in [0.15, 0.2) is 0 Å². The molecule has 2 heteroatoms. The normalized spacial score (nSPS) is 40.6. The van der Waals surface area contributed by atoms with Crippen LogP contribution in [-0.4, -0.2) is 11.6 Å². The summed E-state index contributed by atoms with van der Waals surface area (Å²) in [6, 6.07) is 0. The molecule has 96 valence electrons. The topological polar surface area (TPSA) is 26.3 Å². The van der Waals surface area contributed by atoms with E-state index in [-0.39, 0.29) is 29.3 Å². The maximum atomic E-state index is 12.2. The summed E-state index contributed by atoms with van der Waals surface area (Å²) >= 11 is 0. The van der Waals surface area contributed by atoms with Gasteiger partial charge in [0.25, 0.3) is 0 Å². The summed E-state index contributed by atoms with van der Waals surface area (Å²) in [6.07, 6.45) is 12.2. The zero-order valence-corrected chi connectivity index (χ0v) is 10.7. The third kappa shape index (κ3) is 1.32. The van der Waals surface area contributed by atoms with E-state index in [1.807, 2.05) is 12.2 Å². The number of fused-ring (bicyclic) bond motifs is 2. The molecular formula is C16H20O2. The Morgan fingerprint density at radius 1 is 1.17 bits per heavy atom. The van der Waals surface area contributed by atoms with Crippen molar-refractivity contribution in [3.8, 4) is 0 Å². The highest BCUT2D eigenvalue weighted by atomic mass is 16.6. The first kappa shape index (κ1) is 11.8. The van der Waals surface area contributed by atoms with E-state index in [0.717, 1.165) is 25.7 Å². The maximum absolute atomic E-state index is 12.2. The highest BCUT2D eigenvalue weighted by Gasteiger charge is 2.63. The first-order chi connectivity index (χ1) is 8.74. The monoisotopic (exact) mass is 244 g/mol. The molecule has 0 N–H and O–H groups in total. The number of hydrogen-bond acceptors (Lipinski definition) is 2. The second-order valence-corrected chi connectivity index (χ2v) is 5.69. The SMILES string of the molecule is C=C[C@H]1CC[C@H](C=C)C12OC(=O)[C@@H]1CC=CC[C@@H]12. The van der Waals surface area contributed by atoms with Crippen molar-refractivity contribution in [2.24, 2.45) is 23.7 Å². The van der Waals surface area contributed by atoms with E-state index >= 15 is 0 Å². The molecule has 0 radical (unpaired) electrons. The van der Waals surface area contributed by atoms with Gasteiger partial charge in [-0.15, -0.1) is 13.2 Å². The van der Waals surface area contributed by atoms with Crippen molar-refractivity contribution in [1.82, 2.24) is 0 Å². The predicted molar refractivity (Wildman–Crippen MR) is 70.8 cm³/mol. The molecule has 2 fully saturated rings. The molecule has 0 amide bonds. The predicted octanol–water partition coefficient (Wildman–Crippen LogP) is 3.26. The van der Waals surface area contributed by atoms with Crippen LogP contribution in [0.15, 0.2) is 37.5 Å². The lowest BCUT2D eigenvalue weighted by Gasteiger charge is -2.39. The molecule has 0 aromatic heterocycles. The van der Waals surface area contributed by atoms with E-state index in [0.29, 0.717) is 5.92 Å². The van der Waals surface area contributed by atoms with Crippen molar-refractivity contribution >= 4 is 5.97 Å². The standard InChI is InChI=1S/C16H20O2/c1-3-11-9-10-12(4-2)16(11)14-8-6-5-7-13(14)15(17)18-16/h3-6,11-14H,1-2,7-10H2/t11-,12-,13+,14-/m0/s1. The quantitative estimate of drug-likeness (QED) is 0.550. The van der Waals surface area contributed by atoms with Crippen LogP contribution >= 0.6 is 0 Å². The van der Waals surface area contributed by atoms with Crippen molar-refractivity contribution < 1.29 is 9.53 Å². The number of esters is 1. The van der Waals surface area contributed by atoms with E-state index in [1.54, 1.807) is 0 Å². The number of carbonyl (C=O) groups excluding carboxylic acids is 1. The molecule has 1 saturated heterocycles. The molecule has 0 bridgehead atoms. The minimum absolute atomic E-state index is 0.00931. The van der Waals surface area contributed by atoms with E-state index in [4.69, 9.17) is 4.74 Å². The summed E-state index contributed by atoms with van der Waals surface area (Å²) in [4.78, 5) is 12.2. The fourth-order valence-corrected chi connectivity index (χ4v) is 4.29. The zero-order valence-electron chi connectivity index (χ0n) is 10.7. The van der Waals surface area contributed by atoms with Gasteiger partial charge in [0.05, 0.1) is 5.92 Å². The van der Waals surface area contributed by atoms with Crippen molar-refractivity contribution in [2.45, 2.75) is 31.3 Å². The Hall–Kier alpha value is -1.31. The van der Waals surface area contributed by atoms with Crippen LogP contribution in [0.1, 0.15) is 25.7 Å². The molecule has 1 saturated carbocycles. The van der Waals surface area contributed by atoms with Gasteiger partial charge >= 0.3 is 5.97 Å². The van der Waals surface area contributed by atoms with Crippen molar-refractivity contribution in [2.75, 3.05) is 0 Å². The maximum Gasteiger partial charge on any atom is 0.310 e. The number of hydrogen-bond donors (Lipinski definition) is 0. The molecule has 3 rings (SSSR count). The number of carbonyl (C=O) groups is 1. The summed E-state index contributed by atoms with van der Waals surface area (Å²) in [5, 5.41) is 0. The summed E-state index contributed by atoms with van der Waals surface area (Å²) < 4.78 is 5.94. The second-order valence-electron chi connectivity index (χ2n) is 5.69. The summed E-state index contributed by atoms with van der Waals surface area (Å²) in [5.74, 6) is 0.920. The lowest BCUT2D eigenvalue weighted by molar-refractivity contribution is -0.155. The van der Waals surface area contributed by atoms with Gasteiger partial charge < -0.3 is 4.74 Å². The molecule has 4 atom stereocenters. The van der Waals surface area contributed by atoms with Gasteiger partial charge in [0, 0.05) is 17.8 Å². The molecule has 0 aromatic rings. The minimum atomic E-state index is -0.351. The summed E-state index contributed by atoms with van der Waals surface area (Å²) in [6.45, 7) is 7.90. The fourth-order valence-electron chi connectivity index (χ4n) is 4.29. The molecule has 0 unspecified atom stereocenters. The van der Waals surface area contributed by atoms with Gasteiger partial charge in [-0.2, -0.15) is 0 Å². The Morgan fingerprint density at radius 3 is 2.39 bits per heavy atom. The van der Waals surface area contributed by atoms with Crippen LogP contribution in [0.25, 0.3) is 0 Å². The molecule has 2 aliphatic carbocycles. The second kappa shape index (κ2) is 4.11. The minimum Gasteiger partial charge on any atom is -0.457 e. The number of allylic oxidation sites excluding steroid dienone is 2. The Labute approximate surface area is 108 Å². The fraction of sp³-hybridized carbons (Fsp3) is 0.562. The van der Waals surface area contributed by atoms with Crippen LogP contribution in [-0.2, 0) is 9.53 Å². The Balaban J connectivity index is 2.06. The van der Waals surface area contributed by atoms with Gasteiger partial charge in [0.2, 0.25) is 0 Å². The van der Waals surface area contributed by atoms with E-state index in [9.17, 15) is 4.79 Å². The smallest absolute Gasteiger partial charge is 0.310 e. The average molecular weight is 244 g/mol. The first-order valence-electron chi connectivity index (χ1n) is 6.87. The van der Waals surface area contributed by atoms with E-state index < -0.39 is 0 Å². The van der Waals surface area contributed by atoms with Gasteiger partial charge in [-0.3, -0.25) is 4.79 Å². The third-order valence-electron chi connectivity index (χ3n) is 5.11. The van der Waals surface area contributed by atoms with E-state index in [2.05, 4.69) is 25.3 Å². The zero-order chi connectivity index (χ0) is 12.8. The average Bonchev–Trinajstić information content (AvgIpc) is 2.90. The Bertz CT molecular complexity index is 405. The van der Waals surface area contributed by atoms with Crippen molar-refractivity contribution in [3.05, 3.63) is 37.5 Å². The molecule has 3 aliphatic rings. The Morgan fingerprint density at radius 2 is 1.78 bits per heavy atom. The van der Waals surface area contributed by atoms with Gasteiger partial charge in [-0.25, -0.2) is 0 Å². The lowest BCUT2D eigenvalue weighted by Crippen LogP contribution is -2.45. The lowest BCUT2D eigenvalue weighted by atomic mass is 9.67. The van der Waals surface area contributed by atoms with Crippen LogP contribution in [0.4, 0.5) is 0 Å². The molecule has 1 spiro atoms. The van der Waals surface area contributed by atoms with Crippen molar-refractivity contribution in [1.29, 1.82) is 0 Å². The summed E-state index contributed by atoms with van der Waals surface area (Å²) in [5.41, 5.74) is -0.351. The van der Waals surface area contributed by atoms with Gasteiger partial charge in [-0.1, -0.05) is 24.3 Å².